The molecule has 2 bridgehead atoms. The third-order valence-corrected chi connectivity index (χ3v) is 7.31. The number of Topliss-reactive ketones (excluding diaryl/α,β-unsaturated/α-hetero) is 1. The van der Waals surface area contributed by atoms with Crippen molar-refractivity contribution in [2.45, 2.75) is 33.6 Å². The maximum absolute atomic E-state index is 13.6. The number of rotatable bonds is 3. The number of hydrazone groups is 1. The van der Waals surface area contributed by atoms with E-state index in [1.54, 1.807) is 0 Å². The van der Waals surface area contributed by atoms with Crippen molar-refractivity contribution >= 4 is 23.1 Å². The molecule has 1 amide bonds. The highest BCUT2D eigenvalue weighted by Gasteiger charge is 2.77. The second-order valence-corrected chi connectivity index (χ2v) is 8.53. The molecule has 0 spiro atoms. The van der Waals surface area contributed by atoms with Crippen LogP contribution in [-0.2, 0) is 14.3 Å². The quantitative estimate of drug-likeness (QED) is 0.657. The second kappa shape index (κ2) is 6.16. The molecule has 3 fully saturated rings. The fourth-order valence-corrected chi connectivity index (χ4v) is 5.11. The topological polar surface area (TPSA) is 71.0 Å². The van der Waals surface area contributed by atoms with Gasteiger partial charge in [0.25, 0.3) is 0 Å². The Kier molecular flexibility index (Phi) is 4.14. The van der Waals surface area contributed by atoms with Gasteiger partial charge in [-0.25, -0.2) is 0 Å². The number of nitrogens with zero attached hydrogens (tertiary/aromatic N) is 2. The van der Waals surface area contributed by atoms with Gasteiger partial charge in [-0.05, 0) is 30.4 Å². The number of nitrogens with one attached hydrogen (secondary N) is 1. The number of ketones is 1. The van der Waals surface area contributed by atoms with E-state index in [1.165, 1.54) is 0 Å². The first-order chi connectivity index (χ1) is 12.8. The number of hydrogen-bond acceptors (Lipinski definition) is 5. The molecule has 6 nitrogen and oxygen atoms in total. The smallest absolute Gasteiger partial charge is 0.237 e. The van der Waals surface area contributed by atoms with Crippen LogP contribution in [0.3, 0.4) is 0 Å². The number of morpholine rings is 1. The number of hydrogen-bond donors (Lipinski definition) is 1. The van der Waals surface area contributed by atoms with Crippen LogP contribution in [0.5, 0.6) is 0 Å². The Morgan fingerprint density at radius 2 is 1.78 bits per heavy atom. The lowest BCUT2D eigenvalue weighted by Crippen LogP contribution is -2.54. The molecule has 6 heteroatoms. The largest absolute Gasteiger partial charge is 0.378 e. The molecule has 1 aromatic rings. The summed E-state index contributed by atoms with van der Waals surface area (Å²) in [6.45, 7) is 8.36. The highest BCUT2D eigenvalue weighted by Crippen LogP contribution is 2.69. The van der Waals surface area contributed by atoms with Crippen LogP contribution in [0, 0.1) is 16.2 Å². The predicted octanol–water partition coefficient (Wildman–Crippen LogP) is 2.71. The SMILES string of the molecule is CC12CCC(C(=O)N3CCOCC3)(C(=O)/C1=N\Nc1ccccc1)C2(C)C. The average molecular weight is 369 g/mol. The Hall–Kier alpha value is -2.21. The molecule has 1 heterocycles. The van der Waals surface area contributed by atoms with Gasteiger partial charge in [0.05, 0.1) is 18.9 Å². The summed E-state index contributed by atoms with van der Waals surface area (Å²) in [6, 6.07) is 9.58. The zero-order chi connectivity index (χ0) is 19.3. The molecular weight excluding hydrogens is 342 g/mol. The molecule has 27 heavy (non-hydrogen) atoms. The number of carbonyl (C=O) groups excluding carboxylic acids is 2. The van der Waals surface area contributed by atoms with Crippen molar-refractivity contribution in [3.8, 4) is 0 Å². The van der Waals surface area contributed by atoms with Gasteiger partial charge in [-0.1, -0.05) is 39.0 Å². The summed E-state index contributed by atoms with van der Waals surface area (Å²) in [7, 11) is 0. The van der Waals surface area contributed by atoms with E-state index in [1.807, 2.05) is 35.2 Å². The zero-order valence-electron chi connectivity index (χ0n) is 16.2. The molecule has 3 aliphatic rings. The molecule has 0 aromatic heterocycles. The fraction of sp³-hybridized carbons (Fsp3) is 0.571. The van der Waals surface area contributed by atoms with Gasteiger partial charge in [-0.3, -0.25) is 15.0 Å². The van der Waals surface area contributed by atoms with E-state index < -0.39 is 16.2 Å². The minimum absolute atomic E-state index is 0.0468. The third-order valence-electron chi connectivity index (χ3n) is 7.31. The van der Waals surface area contributed by atoms with Crippen LogP contribution in [0.2, 0.25) is 0 Å². The van der Waals surface area contributed by atoms with Gasteiger partial charge in [-0.15, -0.1) is 0 Å². The fourth-order valence-electron chi connectivity index (χ4n) is 5.11. The summed E-state index contributed by atoms with van der Waals surface area (Å²) >= 11 is 0. The number of fused-ring (bicyclic) bond motifs is 2. The van der Waals surface area contributed by atoms with Crippen LogP contribution in [-0.4, -0.2) is 48.6 Å². The van der Waals surface area contributed by atoms with Gasteiger partial charge in [0.15, 0.2) is 5.78 Å². The average Bonchev–Trinajstić information content (AvgIpc) is 2.96. The molecule has 0 radical (unpaired) electrons. The van der Waals surface area contributed by atoms with E-state index >= 15 is 0 Å². The maximum atomic E-state index is 13.6. The lowest BCUT2D eigenvalue weighted by Gasteiger charge is -2.41. The minimum atomic E-state index is -1.02. The Morgan fingerprint density at radius 1 is 1.11 bits per heavy atom. The molecule has 2 aliphatic carbocycles. The summed E-state index contributed by atoms with van der Waals surface area (Å²) in [4.78, 5) is 28.9. The molecule has 1 aliphatic heterocycles. The predicted molar refractivity (Wildman–Crippen MR) is 103 cm³/mol. The van der Waals surface area contributed by atoms with Crippen LogP contribution in [0.4, 0.5) is 5.69 Å². The van der Waals surface area contributed by atoms with Crippen molar-refractivity contribution in [1.82, 2.24) is 4.90 Å². The maximum Gasteiger partial charge on any atom is 0.237 e. The van der Waals surface area contributed by atoms with Crippen LogP contribution in [0.15, 0.2) is 35.4 Å². The Bertz CT molecular complexity index is 798. The lowest BCUT2D eigenvalue weighted by atomic mass is 9.64. The van der Waals surface area contributed by atoms with Crippen molar-refractivity contribution in [3.05, 3.63) is 30.3 Å². The second-order valence-electron chi connectivity index (χ2n) is 8.53. The number of amides is 1. The Labute approximate surface area is 159 Å². The summed E-state index contributed by atoms with van der Waals surface area (Å²) < 4.78 is 5.38. The van der Waals surface area contributed by atoms with Crippen LogP contribution in [0.25, 0.3) is 0 Å². The molecule has 4 rings (SSSR count). The third kappa shape index (κ3) is 2.32. The van der Waals surface area contributed by atoms with Gasteiger partial charge in [0.1, 0.15) is 11.1 Å². The number of anilines is 1. The molecule has 2 saturated carbocycles. The van der Waals surface area contributed by atoms with Gasteiger partial charge in [0, 0.05) is 18.5 Å². The molecule has 1 N–H and O–H groups in total. The lowest BCUT2D eigenvalue weighted by molar-refractivity contribution is -0.156. The van der Waals surface area contributed by atoms with Gasteiger partial charge in [0.2, 0.25) is 5.91 Å². The first-order valence-corrected chi connectivity index (χ1v) is 9.66. The van der Waals surface area contributed by atoms with E-state index in [0.717, 1.165) is 12.1 Å². The van der Waals surface area contributed by atoms with Crippen molar-refractivity contribution < 1.29 is 14.3 Å². The highest BCUT2D eigenvalue weighted by molar-refractivity contribution is 6.50. The van der Waals surface area contributed by atoms with Crippen LogP contribution >= 0.6 is 0 Å². The minimum Gasteiger partial charge on any atom is -0.378 e. The number of carbonyl (C=O) groups is 2. The molecule has 2 atom stereocenters. The molecular formula is C21H27N3O3. The number of ether oxygens (including phenoxy) is 1. The van der Waals surface area contributed by atoms with Crippen LogP contribution in [0.1, 0.15) is 33.6 Å². The van der Waals surface area contributed by atoms with Crippen LogP contribution < -0.4 is 5.43 Å². The Morgan fingerprint density at radius 3 is 2.44 bits per heavy atom. The molecule has 2 unspecified atom stereocenters. The van der Waals surface area contributed by atoms with Crippen molar-refractivity contribution in [3.63, 3.8) is 0 Å². The monoisotopic (exact) mass is 369 g/mol. The van der Waals surface area contributed by atoms with E-state index in [-0.39, 0.29) is 11.7 Å². The van der Waals surface area contributed by atoms with Gasteiger partial charge >= 0.3 is 0 Å². The van der Waals surface area contributed by atoms with Crippen molar-refractivity contribution in [2.24, 2.45) is 21.3 Å². The molecule has 1 aromatic carbocycles. The Balaban J connectivity index is 1.71. The van der Waals surface area contributed by atoms with Gasteiger partial charge < -0.3 is 9.64 Å². The van der Waals surface area contributed by atoms with Crippen molar-refractivity contribution in [1.29, 1.82) is 0 Å². The summed E-state index contributed by atoms with van der Waals surface area (Å²) in [5.74, 6) is -0.157. The van der Waals surface area contributed by atoms with Gasteiger partial charge in [-0.2, -0.15) is 5.10 Å². The van der Waals surface area contributed by atoms with Crippen molar-refractivity contribution in [2.75, 3.05) is 31.7 Å². The first-order valence-electron chi connectivity index (χ1n) is 9.66. The van der Waals surface area contributed by atoms with E-state index in [9.17, 15) is 9.59 Å². The molecule has 144 valence electrons. The standard InChI is InChI=1S/C21H27N3O3/c1-19(2)20(3)9-10-21(19,18(26)24-11-13-27-14-12-24)17(25)16(20)23-22-15-7-5-4-6-8-15/h4-8,22H,9-14H2,1-3H3/b23-16+. The summed E-state index contributed by atoms with van der Waals surface area (Å²) in [5, 5.41) is 4.52. The first kappa shape index (κ1) is 18.2. The molecule has 1 saturated heterocycles. The summed E-state index contributed by atoms with van der Waals surface area (Å²) in [5.41, 5.74) is 2.43. The summed E-state index contributed by atoms with van der Waals surface area (Å²) in [6.07, 6.45) is 1.38. The van der Waals surface area contributed by atoms with E-state index in [4.69, 9.17) is 4.74 Å². The number of para-hydroxylation sites is 1. The number of benzene rings is 1. The van der Waals surface area contributed by atoms with E-state index in [0.29, 0.717) is 38.4 Å². The zero-order valence-corrected chi connectivity index (χ0v) is 16.2. The van der Waals surface area contributed by atoms with E-state index in [2.05, 4.69) is 31.3 Å². The highest BCUT2D eigenvalue weighted by atomic mass is 16.5. The normalized spacial score (nSPS) is 33.5.